The van der Waals surface area contributed by atoms with Gasteiger partial charge >= 0.3 is 0 Å². The average molecular weight is 276 g/mol. The fourth-order valence-corrected chi connectivity index (χ4v) is 6.11. The molecule has 0 aromatic rings. The van der Waals surface area contributed by atoms with Gasteiger partial charge in [-0.1, -0.05) is 0 Å². The van der Waals surface area contributed by atoms with Crippen LogP contribution in [0.2, 0.25) is 0 Å². The Morgan fingerprint density at radius 3 is 2.35 bits per heavy atom. The zero-order valence-corrected chi connectivity index (χ0v) is 12.4. The molecule has 4 bridgehead atoms. The minimum Gasteiger partial charge on any atom is -0.501 e. The van der Waals surface area contributed by atoms with Crippen molar-refractivity contribution in [3.63, 3.8) is 0 Å². The molecule has 1 unspecified atom stereocenters. The van der Waals surface area contributed by atoms with Crippen LogP contribution >= 0.6 is 0 Å². The third-order valence-corrected chi connectivity index (χ3v) is 6.41. The van der Waals surface area contributed by atoms with E-state index in [0.29, 0.717) is 11.5 Å². The monoisotopic (exact) mass is 276 g/mol. The van der Waals surface area contributed by atoms with Gasteiger partial charge in [-0.05, 0) is 86.5 Å². The van der Waals surface area contributed by atoms with Crippen molar-refractivity contribution in [2.75, 3.05) is 6.61 Å². The first-order chi connectivity index (χ1) is 9.76. The number of nitrogens with two attached hydrogens (primary N) is 1. The predicted octanol–water partition coefficient (Wildman–Crippen LogP) is 3.12. The number of nitrogens with one attached hydrogen (secondary N) is 1. The second-order valence-electron chi connectivity index (χ2n) is 8.01. The Morgan fingerprint density at radius 2 is 1.85 bits per heavy atom. The molecule has 1 atom stereocenters. The molecule has 0 radical (unpaired) electrons. The Morgan fingerprint density at radius 1 is 1.20 bits per heavy atom. The molecule has 3 N–H and O–H groups in total. The molecule has 1 aliphatic heterocycles. The molecule has 3 nitrogen and oxygen atoms in total. The smallest absolute Gasteiger partial charge is 0.0876 e. The van der Waals surface area contributed by atoms with Crippen LogP contribution in [0.15, 0.2) is 11.8 Å². The van der Waals surface area contributed by atoms with E-state index in [4.69, 9.17) is 10.6 Å². The van der Waals surface area contributed by atoms with E-state index in [2.05, 4.69) is 5.43 Å². The lowest BCUT2D eigenvalue weighted by molar-refractivity contribution is -0.0607. The second-order valence-corrected chi connectivity index (χ2v) is 8.01. The van der Waals surface area contributed by atoms with E-state index in [0.717, 1.165) is 37.2 Å². The third kappa shape index (κ3) is 2.29. The molecule has 4 fully saturated rings. The van der Waals surface area contributed by atoms with E-state index in [1.165, 1.54) is 50.5 Å². The largest absolute Gasteiger partial charge is 0.501 e. The van der Waals surface area contributed by atoms with Gasteiger partial charge in [0.25, 0.3) is 0 Å². The molecule has 0 saturated heterocycles. The Kier molecular flexibility index (Phi) is 3.30. The van der Waals surface area contributed by atoms with Crippen molar-refractivity contribution in [3.05, 3.63) is 11.8 Å². The topological polar surface area (TPSA) is 47.3 Å². The molecule has 5 aliphatic rings. The van der Waals surface area contributed by atoms with E-state index in [1.54, 1.807) is 0 Å². The number of hydrazine groups is 1. The summed E-state index contributed by atoms with van der Waals surface area (Å²) in [5, 5.41) is 0. The molecule has 0 amide bonds. The number of hydrogen-bond donors (Lipinski definition) is 2. The molecule has 1 heterocycles. The van der Waals surface area contributed by atoms with Gasteiger partial charge in [0.05, 0.1) is 12.9 Å². The standard InChI is InChI=1S/C17H28N2O/c18-19-16(15-2-1-3-20-11-15)10-17-7-12-4-13(8-17)6-14(5-12)9-17/h11-14,16,19H,1-10,18H2. The normalized spacial score (nSPS) is 44.0. The first kappa shape index (κ1) is 13.1. The summed E-state index contributed by atoms with van der Waals surface area (Å²) in [6, 6.07) is 0.339. The van der Waals surface area contributed by atoms with Crippen LogP contribution in [0.25, 0.3) is 0 Å². The van der Waals surface area contributed by atoms with Gasteiger partial charge in [0.1, 0.15) is 0 Å². The van der Waals surface area contributed by atoms with Gasteiger partial charge in [0.15, 0.2) is 0 Å². The molecule has 3 heteroatoms. The van der Waals surface area contributed by atoms with Gasteiger partial charge in [0.2, 0.25) is 0 Å². The Bertz CT molecular complexity index is 369. The molecule has 4 aliphatic carbocycles. The van der Waals surface area contributed by atoms with Crippen LogP contribution in [0.4, 0.5) is 0 Å². The molecule has 4 saturated carbocycles. The highest BCUT2D eigenvalue weighted by molar-refractivity contribution is 5.13. The zero-order valence-electron chi connectivity index (χ0n) is 12.4. The Labute approximate surface area is 122 Å². The van der Waals surface area contributed by atoms with Gasteiger partial charge in [-0.3, -0.25) is 11.3 Å². The first-order valence-electron chi connectivity index (χ1n) is 8.53. The summed E-state index contributed by atoms with van der Waals surface area (Å²) in [6.45, 7) is 0.873. The van der Waals surface area contributed by atoms with Crippen LogP contribution in [0.5, 0.6) is 0 Å². The quantitative estimate of drug-likeness (QED) is 0.612. The molecule has 0 aromatic heterocycles. The summed E-state index contributed by atoms with van der Waals surface area (Å²) in [5.41, 5.74) is 5.08. The van der Waals surface area contributed by atoms with Crippen molar-refractivity contribution in [1.82, 2.24) is 5.43 Å². The van der Waals surface area contributed by atoms with E-state index >= 15 is 0 Å². The van der Waals surface area contributed by atoms with Crippen molar-refractivity contribution in [2.45, 2.75) is 63.8 Å². The SMILES string of the molecule is NNC(CC12CC3CC(CC(C3)C1)C2)C1=COCCC1. The van der Waals surface area contributed by atoms with Crippen molar-refractivity contribution < 1.29 is 4.74 Å². The van der Waals surface area contributed by atoms with Gasteiger partial charge in [-0.2, -0.15) is 0 Å². The van der Waals surface area contributed by atoms with E-state index in [1.807, 2.05) is 6.26 Å². The summed E-state index contributed by atoms with van der Waals surface area (Å²) in [4.78, 5) is 0. The fourth-order valence-electron chi connectivity index (χ4n) is 6.11. The summed E-state index contributed by atoms with van der Waals surface area (Å²) >= 11 is 0. The van der Waals surface area contributed by atoms with Gasteiger partial charge in [-0.25, -0.2) is 0 Å². The lowest BCUT2D eigenvalue weighted by atomic mass is 9.48. The lowest BCUT2D eigenvalue weighted by Gasteiger charge is -2.57. The van der Waals surface area contributed by atoms with Crippen LogP contribution in [-0.2, 0) is 4.74 Å². The summed E-state index contributed by atoms with van der Waals surface area (Å²) in [6.07, 6.45) is 14.5. The summed E-state index contributed by atoms with van der Waals surface area (Å²) < 4.78 is 5.53. The lowest BCUT2D eigenvalue weighted by Crippen LogP contribution is -2.50. The number of rotatable bonds is 4. The molecule has 0 aromatic carbocycles. The van der Waals surface area contributed by atoms with Crippen molar-refractivity contribution in [3.8, 4) is 0 Å². The maximum atomic E-state index is 5.89. The van der Waals surface area contributed by atoms with Crippen LogP contribution < -0.4 is 11.3 Å². The third-order valence-electron chi connectivity index (χ3n) is 6.41. The highest BCUT2D eigenvalue weighted by Crippen LogP contribution is 2.61. The molecule has 0 spiro atoms. The van der Waals surface area contributed by atoms with Crippen LogP contribution in [0, 0.1) is 23.2 Å². The van der Waals surface area contributed by atoms with E-state index in [9.17, 15) is 0 Å². The Hall–Kier alpha value is -0.540. The van der Waals surface area contributed by atoms with Crippen molar-refractivity contribution in [1.29, 1.82) is 0 Å². The van der Waals surface area contributed by atoms with E-state index < -0.39 is 0 Å². The average Bonchev–Trinajstić information content (AvgIpc) is 2.44. The maximum Gasteiger partial charge on any atom is 0.0876 e. The van der Waals surface area contributed by atoms with Crippen molar-refractivity contribution in [2.24, 2.45) is 29.0 Å². The number of hydrogen-bond acceptors (Lipinski definition) is 3. The highest BCUT2D eigenvalue weighted by Gasteiger charge is 2.51. The predicted molar refractivity (Wildman–Crippen MR) is 79.6 cm³/mol. The molecule has 20 heavy (non-hydrogen) atoms. The van der Waals surface area contributed by atoms with Gasteiger partial charge in [-0.15, -0.1) is 0 Å². The van der Waals surface area contributed by atoms with Crippen LogP contribution in [0.1, 0.15) is 57.8 Å². The molecular weight excluding hydrogens is 248 g/mol. The minimum absolute atomic E-state index is 0.339. The number of ether oxygens (including phenoxy) is 1. The van der Waals surface area contributed by atoms with Gasteiger partial charge < -0.3 is 4.74 Å². The molecular formula is C17H28N2O. The van der Waals surface area contributed by atoms with Gasteiger partial charge in [0, 0.05) is 6.04 Å². The van der Waals surface area contributed by atoms with Crippen LogP contribution in [0.3, 0.4) is 0 Å². The maximum absolute atomic E-state index is 5.89. The molecule has 5 rings (SSSR count). The first-order valence-corrected chi connectivity index (χ1v) is 8.53. The van der Waals surface area contributed by atoms with Crippen molar-refractivity contribution >= 4 is 0 Å². The fraction of sp³-hybridized carbons (Fsp3) is 0.882. The van der Waals surface area contributed by atoms with E-state index in [-0.39, 0.29) is 0 Å². The second kappa shape index (κ2) is 5.03. The van der Waals surface area contributed by atoms with Crippen LogP contribution in [-0.4, -0.2) is 12.6 Å². The molecule has 112 valence electrons. The Balaban J connectivity index is 1.50. The zero-order chi connectivity index (χ0) is 13.6. The summed E-state index contributed by atoms with van der Waals surface area (Å²) in [5.74, 6) is 8.96. The summed E-state index contributed by atoms with van der Waals surface area (Å²) in [7, 11) is 0. The highest BCUT2D eigenvalue weighted by atomic mass is 16.5. The minimum atomic E-state index is 0.339.